The maximum Gasteiger partial charge on any atom is 0.243 e. The summed E-state index contributed by atoms with van der Waals surface area (Å²) in [6, 6.07) is 8.12. The van der Waals surface area contributed by atoms with E-state index < -0.39 is 10.0 Å². The van der Waals surface area contributed by atoms with Gasteiger partial charge in [-0.3, -0.25) is 0 Å². The Bertz CT molecular complexity index is 665. The molecule has 2 N–H and O–H groups in total. The van der Waals surface area contributed by atoms with E-state index >= 15 is 0 Å². The molecule has 0 fully saturated rings. The number of sulfonamides is 1. The molecule has 0 atom stereocenters. The molecule has 0 spiro atoms. The SMILES string of the molecule is CN(Cc1csc(Br)c1)S(=O)(=O)c1ccc(N)cc1. The van der Waals surface area contributed by atoms with Gasteiger partial charge in [-0.1, -0.05) is 0 Å². The Balaban J connectivity index is 2.21. The van der Waals surface area contributed by atoms with Crippen LogP contribution in [-0.2, 0) is 16.6 Å². The summed E-state index contributed by atoms with van der Waals surface area (Å²) in [6.45, 7) is 0.342. The number of benzene rings is 1. The number of nitrogens with zero attached hydrogens (tertiary/aromatic N) is 1. The molecule has 1 aromatic carbocycles. The van der Waals surface area contributed by atoms with Gasteiger partial charge in [0.2, 0.25) is 10.0 Å². The molecule has 1 aromatic heterocycles. The van der Waals surface area contributed by atoms with Crippen molar-refractivity contribution in [3.63, 3.8) is 0 Å². The van der Waals surface area contributed by atoms with E-state index in [1.54, 1.807) is 19.2 Å². The van der Waals surface area contributed by atoms with E-state index in [1.807, 2.05) is 11.4 Å². The molecule has 1 heterocycles. The first-order valence-electron chi connectivity index (χ1n) is 5.44. The van der Waals surface area contributed by atoms with Gasteiger partial charge in [0.25, 0.3) is 0 Å². The number of hydrogen-bond donors (Lipinski definition) is 1. The Morgan fingerprint density at radius 2 is 1.95 bits per heavy atom. The van der Waals surface area contributed by atoms with E-state index in [0.29, 0.717) is 12.2 Å². The maximum absolute atomic E-state index is 12.3. The second kappa shape index (κ2) is 5.62. The van der Waals surface area contributed by atoms with Crippen LogP contribution >= 0.6 is 27.3 Å². The summed E-state index contributed by atoms with van der Waals surface area (Å²) in [5, 5.41) is 1.93. The third-order valence-corrected chi connectivity index (χ3v) is 5.99. The molecule has 0 bridgehead atoms. The van der Waals surface area contributed by atoms with Gasteiger partial charge < -0.3 is 5.73 Å². The molecular weight excluding hydrogens is 348 g/mol. The quantitative estimate of drug-likeness (QED) is 0.852. The molecule has 0 saturated heterocycles. The van der Waals surface area contributed by atoms with Gasteiger partial charge in [-0.2, -0.15) is 4.31 Å². The summed E-state index contributed by atoms with van der Waals surface area (Å²) >= 11 is 4.90. The van der Waals surface area contributed by atoms with Crippen molar-refractivity contribution in [1.82, 2.24) is 4.31 Å². The number of thiophene rings is 1. The zero-order valence-electron chi connectivity index (χ0n) is 10.2. The molecule has 2 rings (SSSR count). The Morgan fingerprint density at radius 3 is 2.47 bits per heavy atom. The van der Waals surface area contributed by atoms with Gasteiger partial charge in [0.1, 0.15) is 0 Å². The number of halogens is 1. The van der Waals surface area contributed by atoms with Crippen LogP contribution in [0, 0.1) is 0 Å². The van der Waals surface area contributed by atoms with E-state index in [9.17, 15) is 8.42 Å². The molecule has 19 heavy (non-hydrogen) atoms. The van der Waals surface area contributed by atoms with Crippen LogP contribution < -0.4 is 5.73 Å². The van der Waals surface area contributed by atoms with E-state index in [1.165, 1.54) is 27.8 Å². The van der Waals surface area contributed by atoms with Crippen LogP contribution in [0.3, 0.4) is 0 Å². The largest absolute Gasteiger partial charge is 0.399 e. The van der Waals surface area contributed by atoms with Crippen LogP contribution in [0.2, 0.25) is 0 Å². The fourth-order valence-corrected chi connectivity index (χ4v) is 3.95. The molecule has 0 aliphatic rings. The molecule has 7 heteroatoms. The third kappa shape index (κ3) is 3.36. The first-order chi connectivity index (χ1) is 8.89. The number of anilines is 1. The lowest BCUT2D eigenvalue weighted by molar-refractivity contribution is 0.467. The van der Waals surface area contributed by atoms with Crippen molar-refractivity contribution in [3.8, 4) is 0 Å². The van der Waals surface area contributed by atoms with E-state index in [0.717, 1.165) is 9.35 Å². The van der Waals surface area contributed by atoms with E-state index in [2.05, 4.69) is 15.9 Å². The third-order valence-electron chi connectivity index (χ3n) is 2.62. The highest BCUT2D eigenvalue weighted by Crippen LogP contribution is 2.23. The molecule has 0 saturated carbocycles. The van der Waals surface area contributed by atoms with Crippen molar-refractivity contribution in [2.45, 2.75) is 11.4 Å². The predicted molar refractivity (Wildman–Crippen MR) is 81.5 cm³/mol. The lowest BCUT2D eigenvalue weighted by Gasteiger charge is -2.16. The Morgan fingerprint density at radius 1 is 1.32 bits per heavy atom. The monoisotopic (exact) mass is 360 g/mol. The fraction of sp³-hybridized carbons (Fsp3) is 0.167. The van der Waals surface area contributed by atoms with Crippen LogP contribution in [0.25, 0.3) is 0 Å². The average Bonchev–Trinajstić information content (AvgIpc) is 2.75. The van der Waals surface area contributed by atoms with Gasteiger partial charge in [-0.05, 0) is 57.2 Å². The molecular formula is C12H13BrN2O2S2. The Kier molecular flexibility index (Phi) is 4.29. The molecule has 2 aromatic rings. The average molecular weight is 361 g/mol. The minimum atomic E-state index is -3.48. The van der Waals surface area contributed by atoms with Gasteiger partial charge in [0, 0.05) is 19.3 Å². The smallest absolute Gasteiger partial charge is 0.243 e. The highest BCUT2D eigenvalue weighted by atomic mass is 79.9. The normalized spacial score (nSPS) is 11.9. The molecule has 0 aliphatic carbocycles. The van der Waals surface area contributed by atoms with Crippen molar-refractivity contribution in [3.05, 3.63) is 45.1 Å². The van der Waals surface area contributed by atoms with Crippen molar-refractivity contribution in [1.29, 1.82) is 0 Å². The highest BCUT2D eigenvalue weighted by molar-refractivity contribution is 9.11. The summed E-state index contributed by atoms with van der Waals surface area (Å²) in [5.74, 6) is 0. The van der Waals surface area contributed by atoms with Gasteiger partial charge in [0.15, 0.2) is 0 Å². The first kappa shape index (κ1) is 14.5. The Hall–Kier alpha value is -0.890. The second-order valence-corrected chi connectivity index (χ2v) is 8.42. The first-order valence-corrected chi connectivity index (χ1v) is 8.55. The molecule has 0 amide bonds. The van der Waals surface area contributed by atoms with E-state index in [-0.39, 0.29) is 4.90 Å². The topological polar surface area (TPSA) is 63.4 Å². The van der Waals surface area contributed by atoms with Crippen LogP contribution in [0.4, 0.5) is 5.69 Å². The van der Waals surface area contributed by atoms with Gasteiger partial charge in [0.05, 0.1) is 8.68 Å². The molecule has 0 unspecified atom stereocenters. The van der Waals surface area contributed by atoms with Crippen molar-refractivity contribution < 1.29 is 8.42 Å². The minimum Gasteiger partial charge on any atom is -0.399 e. The fourth-order valence-electron chi connectivity index (χ4n) is 1.59. The van der Waals surface area contributed by atoms with Crippen molar-refractivity contribution >= 4 is 43.0 Å². The van der Waals surface area contributed by atoms with E-state index in [4.69, 9.17) is 5.73 Å². The standard InChI is InChI=1S/C12H13BrN2O2S2/c1-15(7-9-6-12(13)18-8-9)19(16,17)11-4-2-10(14)3-5-11/h2-6,8H,7,14H2,1H3. The number of nitrogen functional groups attached to an aromatic ring is 1. The summed E-state index contributed by atoms with van der Waals surface area (Å²) in [6.07, 6.45) is 0. The zero-order chi connectivity index (χ0) is 14.0. The molecule has 4 nitrogen and oxygen atoms in total. The van der Waals surface area contributed by atoms with Gasteiger partial charge >= 0.3 is 0 Å². The van der Waals surface area contributed by atoms with Crippen molar-refractivity contribution in [2.24, 2.45) is 0 Å². The van der Waals surface area contributed by atoms with Gasteiger partial charge in [-0.15, -0.1) is 11.3 Å². The van der Waals surface area contributed by atoms with Crippen LogP contribution in [0.15, 0.2) is 44.4 Å². The number of nitrogens with two attached hydrogens (primary N) is 1. The lowest BCUT2D eigenvalue weighted by Crippen LogP contribution is -2.26. The highest BCUT2D eigenvalue weighted by Gasteiger charge is 2.20. The Labute approximate surface area is 125 Å². The number of hydrogen-bond acceptors (Lipinski definition) is 4. The molecule has 102 valence electrons. The zero-order valence-corrected chi connectivity index (χ0v) is 13.4. The van der Waals surface area contributed by atoms with Crippen molar-refractivity contribution in [2.75, 3.05) is 12.8 Å². The second-order valence-electron chi connectivity index (χ2n) is 4.09. The number of rotatable bonds is 4. The minimum absolute atomic E-state index is 0.249. The predicted octanol–water partition coefficient (Wildman–Crippen LogP) is 2.91. The van der Waals surface area contributed by atoms with Crippen LogP contribution in [0.1, 0.15) is 5.56 Å². The molecule has 0 aliphatic heterocycles. The van der Waals surface area contributed by atoms with Crippen LogP contribution in [0.5, 0.6) is 0 Å². The van der Waals surface area contributed by atoms with Crippen LogP contribution in [-0.4, -0.2) is 19.8 Å². The lowest BCUT2D eigenvalue weighted by atomic mass is 10.3. The summed E-state index contributed by atoms with van der Waals surface area (Å²) < 4.78 is 27.0. The molecule has 0 radical (unpaired) electrons. The summed E-state index contributed by atoms with van der Waals surface area (Å²) in [4.78, 5) is 0.249. The maximum atomic E-state index is 12.3. The van der Waals surface area contributed by atoms with Gasteiger partial charge in [-0.25, -0.2) is 8.42 Å². The summed E-state index contributed by atoms with van der Waals surface area (Å²) in [7, 11) is -1.91. The summed E-state index contributed by atoms with van der Waals surface area (Å²) in [5.41, 5.74) is 7.06.